The SMILES string of the molecule is CC(CCCCc1ccc(C#Cc2ccccc2)cc1)(C(=O)NO)S(C)(=O)=O. The van der Waals surface area contributed by atoms with Crippen LogP contribution in [0, 0.1) is 11.8 Å². The van der Waals surface area contributed by atoms with Crippen LogP contribution in [0.2, 0.25) is 0 Å². The minimum atomic E-state index is -3.64. The monoisotopic (exact) mass is 399 g/mol. The zero-order valence-electron chi connectivity index (χ0n) is 16.1. The largest absolute Gasteiger partial charge is 0.289 e. The molecular formula is C22H25NO4S. The number of hydroxylamine groups is 1. The Morgan fingerprint density at radius 1 is 1.00 bits per heavy atom. The number of rotatable bonds is 7. The van der Waals surface area contributed by atoms with Gasteiger partial charge in [0.2, 0.25) is 0 Å². The quantitative estimate of drug-likeness (QED) is 0.324. The van der Waals surface area contributed by atoms with Crippen molar-refractivity contribution in [3.8, 4) is 11.8 Å². The third kappa shape index (κ3) is 5.69. The van der Waals surface area contributed by atoms with Crippen molar-refractivity contribution >= 4 is 15.7 Å². The first-order chi connectivity index (χ1) is 13.3. The predicted octanol–water partition coefficient (Wildman–Crippen LogP) is 3.11. The molecule has 6 heteroatoms. The summed E-state index contributed by atoms with van der Waals surface area (Å²) in [6, 6.07) is 17.7. The minimum Gasteiger partial charge on any atom is -0.289 e. The second-order valence-electron chi connectivity index (χ2n) is 6.96. The lowest BCUT2D eigenvalue weighted by atomic mass is 9.99. The van der Waals surface area contributed by atoms with Crippen molar-refractivity contribution in [1.29, 1.82) is 0 Å². The first-order valence-corrected chi connectivity index (χ1v) is 11.0. The Bertz CT molecular complexity index is 957. The number of sulfone groups is 1. The number of benzene rings is 2. The van der Waals surface area contributed by atoms with E-state index in [2.05, 4.69) is 11.8 Å². The smallest absolute Gasteiger partial charge is 0.264 e. The molecule has 28 heavy (non-hydrogen) atoms. The molecule has 0 aliphatic carbocycles. The van der Waals surface area contributed by atoms with Crippen molar-refractivity contribution in [3.05, 3.63) is 71.3 Å². The van der Waals surface area contributed by atoms with E-state index in [9.17, 15) is 13.2 Å². The fourth-order valence-corrected chi connectivity index (χ4v) is 3.70. The number of carbonyl (C=O) groups excluding carboxylic acids is 1. The maximum atomic E-state index is 11.9. The number of unbranched alkanes of at least 4 members (excludes halogenated alkanes) is 1. The van der Waals surface area contributed by atoms with Crippen LogP contribution in [0.15, 0.2) is 54.6 Å². The van der Waals surface area contributed by atoms with Gasteiger partial charge in [-0.15, -0.1) is 0 Å². The fraction of sp³-hybridized carbons (Fsp3) is 0.318. The van der Waals surface area contributed by atoms with Crippen molar-refractivity contribution in [3.63, 3.8) is 0 Å². The van der Waals surface area contributed by atoms with Crippen LogP contribution in [0.5, 0.6) is 0 Å². The van der Waals surface area contributed by atoms with Gasteiger partial charge in [0.1, 0.15) is 4.75 Å². The third-order valence-corrected chi connectivity index (χ3v) is 6.87. The highest BCUT2D eigenvalue weighted by atomic mass is 32.2. The summed E-state index contributed by atoms with van der Waals surface area (Å²) in [7, 11) is -3.64. The van der Waals surface area contributed by atoms with Crippen LogP contribution in [0.3, 0.4) is 0 Å². The third-order valence-electron chi connectivity index (χ3n) is 4.85. The number of aryl methyl sites for hydroxylation is 1. The molecule has 0 aliphatic rings. The second-order valence-corrected chi connectivity index (χ2v) is 9.41. The molecule has 0 aliphatic heterocycles. The summed E-state index contributed by atoms with van der Waals surface area (Å²) in [5.74, 6) is 5.35. The number of nitrogens with one attached hydrogen (secondary N) is 1. The van der Waals surface area contributed by atoms with Gasteiger partial charge in [0.15, 0.2) is 9.84 Å². The summed E-state index contributed by atoms with van der Waals surface area (Å²) in [6.07, 6.45) is 3.22. The summed E-state index contributed by atoms with van der Waals surface area (Å²) in [6.45, 7) is 1.34. The van der Waals surface area contributed by atoms with Gasteiger partial charge in [0.05, 0.1) is 0 Å². The van der Waals surface area contributed by atoms with Crippen molar-refractivity contribution in [1.82, 2.24) is 5.48 Å². The highest BCUT2D eigenvalue weighted by Gasteiger charge is 2.42. The van der Waals surface area contributed by atoms with Crippen LogP contribution in [0.4, 0.5) is 0 Å². The average molecular weight is 400 g/mol. The molecule has 148 valence electrons. The van der Waals surface area contributed by atoms with E-state index in [1.54, 1.807) is 0 Å². The normalized spacial score (nSPS) is 13.1. The predicted molar refractivity (Wildman–Crippen MR) is 110 cm³/mol. The van der Waals surface area contributed by atoms with Crippen molar-refractivity contribution in [2.75, 3.05) is 6.26 Å². The fourth-order valence-electron chi connectivity index (χ4n) is 2.80. The van der Waals surface area contributed by atoms with Crippen molar-refractivity contribution < 1.29 is 18.4 Å². The molecule has 2 rings (SSSR count). The molecule has 0 aromatic heterocycles. The van der Waals surface area contributed by atoms with Crippen molar-refractivity contribution in [2.45, 2.75) is 37.4 Å². The Morgan fingerprint density at radius 3 is 2.11 bits per heavy atom. The van der Waals surface area contributed by atoms with Crippen LogP contribution in [0.1, 0.15) is 42.9 Å². The maximum Gasteiger partial charge on any atom is 0.264 e. The van der Waals surface area contributed by atoms with E-state index in [1.165, 1.54) is 12.4 Å². The van der Waals surface area contributed by atoms with Gasteiger partial charge in [0.25, 0.3) is 5.91 Å². The lowest BCUT2D eigenvalue weighted by Gasteiger charge is -2.24. The van der Waals surface area contributed by atoms with Crippen LogP contribution >= 0.6 is 0 Å². The van der Waals surface area contributed by atoms with Gasteiger partial charge in [0, 0.05) is 17.4 Å². The lowest BCUT2D eigenvalue weighted by molar-refractivity contribution is -0.131. The summed E-state index contributed by atoms with van der Waals surface area (Å²) in [4.78, 5) is 11.8. The highest BCUT2D eigenvalue weighted by molar-refractivity contribution is 7.92. The first-order valence-electron chi connectivity index (χ1n) is 9.06. The summed E-state index contributed by atoms with van der Waals surface area (Å²) in [5.41, 5.74) is 4.49. The van der Waals surface area contributed by atoms with Gasteiger partial charge in [-0.2, -0.15) is 0 Å². The Hall–Kier alpha value is -2.62. The van der Waals surface area contributed by atoms with Crippen molar-refractivity contribution in [2.24, 2.45) is 0 Å². The van der Waals surface area contributed by atoms with Gasteiger partial charge < -0.3 is 0 Å². The van der Waals surface area contributed by atoms with E-state index in [0.717, 1.165) is 35.8 Å². The van der Waals surface area contributed by atoms with Gasteiger partial charge in [-0.25, -0.2) is 13.9 Å². The molecule has 0 heterocycles. The number of hydrogen-bond donors (Lipinski definition) is 2. The molecule has 5 nitrogen and oxygen atoms in total. The topological polar surface area (TPSA) is 83.5 Å². The molecule has 2 N–H and O–H groups in total. The molecular weight excluding hydrogens is 374 g/mol. The Kier molecular flexibility index (Phi) is 7.38. The summed E-state index contributed by atoms with van der Waals surface area (Å²) >= 11 is 0. The number of hydrogen-bond acceptors (Lipinski definition) is 4. The molecule has 1 atom stereocenters. The Morgan fingerprint density at radius 2 is 1.57 bits per heavy atom. The summed E-state index contributed by atoms with van der Waals surface area (Å²) < 4.78 is 22.2. The second kappa shape index (κ2) is 9.54. The number of carbonyl (C=O) groups is 1. The molecule has 0 bridgehead atoms. The maximum absolute atomic E-state index is 11.9. The Labute approximate surface area is 166 Å². The highest BCUT2D eigenvalue weighted by Crippen LogP contribution is 2.24. The first kappa shape index (κ1) is 21.7. The van der Waals surface area contributed by atoms with Gasteiger partial charge in [-0.3, -0.25) is 10.0 Å². The van der Waals surface area contributed by atoms with E-state index >= 15 is 0 Å². The molecule has 0 spiro atoms. The van der Waals surface area contributed by atoms with Gasteiger partial charge in [-0.1, -0.05) is 48.6 Å². The van der Waals surface area contributed by atoms with E-state index in [-0.39, 0.29) is 6.42 Å². The van der Waals surface area contributed by atoms with E-state index < -0.39 is 20.5 Å². The lowest BCUT2D eigenvalue weighted by Crippen LogP contribution is -2.49. The van der Waals surface area contributed by atoms with E-state index in [1.807, 2.05) is 54.6 Å². The zero-order valence-corrected chi connectivity index (χ0v) is 16.9. The molecule has 0 saturated heterocycles. The summed E-state index contributed by atoms with van der Waals surface area (Å²) in [5, 5.41) is 8.84. The average Bonchev–Trinajstić information content (AvgIpc) is 2.69. The molecule has 2 aromatic carbocycles. The van der Waals surface area contributed by atoms with Crippen LogP contribution in [-0.4, -0.2) is 30.5 Å². The molecule has 0 saturated carbocycles. The minimum absolute atomic E-state index is 0.152. The van der Waals surface area contributed by atoms with E-state index in [4.69, 9.17) is 5.21 Å². The molecule has 0 radical (unpaired) electrons. The Balaban J connectivity index is 1.90. The number of amides is 1. The van der Waals surface area contributed by atoms with Gasteiger partial charge >= 0.3 is 0 Å². The molecule has 2 aromatic rings. The van der Waals surface area contributed by atoms with Crippen LogP contribution in [0.25, 0.3) is 0 Å². The van der Waals surface area contributed by atoms with Crippen LogP contribution in [-0.2, 0) is 21.1 Å². The molecule has 1 unspecified atom stereocenters. The standard InChI is InChI=1S/C22H25NO4S/c1-22(21(24)23-25,28(2,26)27)17-7-6-10-19-12-15-20(16-13-19)14-11-18-8-4-3-5-9-18/h3-5,8-9,12-13,15-16,25H,6-7,10,17H2,1-2H3,(H,23,24). The molecule has 1 amide bonds. The molecule has 0 fully saturated rings. The zero-order chi connectivity index (χ0) is 20.6. The van der Waals surface area contributed by atoms with Crippen LogP contribution < -0.4 is 5.48 Å². The van der Waals surface area contributed by atoms with E-state index in [0.29, 0.717) is 6.42 Å². The van der Waals surface area contributed by atoms with Gasteiger partial charge in [-0.05, 0) is 56.0 Å².